The number of hydrogen-bond donors (Lipinski definition) is 2. The molecule has 118 valence electrons. The Kier molecular flexibility index (Phi) is 7.79. The van der Waals surface area contributed by atoms with Crippen LogP contribution >= 0.6 is 0 Å². The molecule has 0 spiro atoms. The van der Waals surface area contributed by atoms with Crippen LogP contribution in [0.5, 0.6) is 0 Å². The number of carbonyl (C=O) groups is 2. The van der Waals surface area contributed by atoms with Crippen molar-refractivity contribution < 1.29 is 14.7 Å². The first-order valence-electron chi connectivity index (χ1n) is 7.17. The van der Waals surface area contributed by atoms with Gasteiger partial charge in [-0.05, 0) is 31.8 Å². The van der Waals surface area contributed by atoms with E-state index in [-0.39, 0.29) is 24.8 Å². The molecule has 0 rings (SSSR count). The fourth-order valence-corrected chi connectivity index (χ4v) is 2.37. The van der Waals surface area contributed by atoms with E-state index in [1.54, 1.807) is 0 Å². The van der Waals surface area contributed by atoms with Gasteiger partial charge >= 0.3 is 5.97 Å². The van der Waals surface area contributed by atoms with Crippen LogP contribution in [-0.4, -0.2) is 48.6 Å². The van der Waals surface area contributed by atoms with E-state index in [4.69, 9.17) is 5.11 Å². The van der Waals surface area contributed by atoms with Gasteiger partial charge in [-0.15, -0.1) is 0 Å². The van der Waals surface area contributed by atoms with Gasteiger partial charge in [0.1, 0.15) is 0 Å². The van der Waals surface area contributed by atoms with E-state index in [2.05, 4.69) is 24.1 Å². The molecule has 0 saturated heterocycles. The van der Waals surface area contributed by atoms with E-state index in [1.165, 1.54) is 0 Å². The minimum atomic E-state index is -0.866. The summed E-state index contributed by atoms with van der Waals surface area (Å²) in [5.41, 5.74) is -0.517. The number of hydrogen-bond acceptors (Lipinski definition) is 3. The summed E-state index contributed by atoms with van der Waals surface area (Å²) in [4.78, 5) is 24.9. The number of carboxylic acids is 1. The number of nitrogens with zero attached hydrogens (tertiary/aromatic N) is 1. The lowest BCUT2D eigenvalue weighted by Crippen LogP contribution is -2.43. The van der Waals surface area contributed by atoms with Crippen LogP contribution in [0.2, 0.25) is 0 Å². The smallest absolute Gasteiger partial charge is 0.303 e. The molecule has 0 heterocycles. The van der Waals surface area contributed by atoms with Crippen molar-refractivity contribution in [2.24, 2.45) is 11.3 Å². The van der Waals surface area contributed by atoms with Gasteiger partial charge in [-0.25, -0.2) is 0 Å². The minimum Gasteiger partial charge on any atom is -0.481 e. The maximum Gasteiger partial charge on any atom is 0.303 e. The second-order valence-corrected chi connectivity index (χ2v) is 7.07. The summed E-state index contributed by atoms with van der Waals surface area (Å²) in [6.07, 6.45) is 1.16. The number of likely N-dealkylation sites (N-methyl/N-ethyl adjacent to an activating group) is 1. The summed E-state index contributed by atoms with van der Waals surface area (Å²) in [7, 11) is 3.96. The normalized spacial score (nSPS) is 13.6. The van der Waals surface area contributed by atoms with E-state index >= 15 is 0 Å². The van der Waals surface area contributed by atoms with E-state index in [0.29, 0.717) is 5.92 Å². The largest absolute Gasteiger partial charge is 0.481 e. The van der Waals surface area contributed by atoms with Crippen LogP contribution in [0.15, 0.2) is 0 Å². The van der Waals surface area contributed by atoms with Crippen molar-refractivity contribution in [3.8, 4) is 0 Å². The van der Waals surface area contributed by atoms with Gasteiger partial charge in [-0.3, -0.25) is 9.59 Å². The highest BCUT2D eigenvalue weighted by molar-refractivity contribution is 5.78. The number of carbonyl (C=O) groups excluding carboxylic acids is 1. The fraction of sp³-hybridized carbons (Fsp3) is 0.867. The van der Waals surface area contributed by atoms with Crippen molar-refractivity contribution in [3.05, 3.63) is 0 Å². The van der Waals surface area contributed by atoms with E-state index in [9.17, 15) is 9.59 Å². The lowest BCUT2D eigenvalue weighted by molar-refractivity contribution is -0.139. The van der Waals surface area contributed by atoms with E-state index in [1.807, 2.05) is 27.9 Å². The van der Waals surface area contributed by atoms with Gasteiger partial charge in [0.25, 0.3) is 0 Å². The summed E-state index contributed by atoms with van der Waals surface area (Å²) in [5.74, 6) is -0.425. The molecule has 5 nitrogen and oxygen atoms in total. The molecule has 0 aromatic rings. The third-order valence-electron chi connectivity index (χ3n) is 2.98. The quantitative estimate of drug-likeness (QED) is 0.680. The van der Waals surface area contributed by atoms with Gasteiger partial charge in [0.15, 0.2) is 0 Å². The number of carboxylic acid groups (broad SMARTS) is 1. The Bertz CT molecular complexity index is 315. The van der Waals surface area contributed by atoms with Gasteiger partial charge in [-0.2, -0.15) is 0 Å². The summed E-state index contributed by atoms with van der Waals surface area (Å²) in [6.45, 7) is 8.67. The van der Waals surface area contributed by atoms with Crippen LogP contribution < -0.4 is 5.32 Å². The first kappa shape index (κ1) is 18.9. The zero-order chi connectivity index (χ0) is 15.9. The highest BCUT2D eigenvalue weighted by atomic mass is 16.4. The molecule has 0 radical (unpaired) electrons. The summed E-state index contributed by atoms with van der Waals surface area (Å²) >= 11 is 0. The van der Waals surface area contributed by atoms with Crippen LogP contribution in [0, 0.1) is 11.3 Å². The number of amides is 1. The molecule has 0 bridgehead atoms. The Morgan fingerprint density at radius 3 is 2.15 bits per heavy atom. The van der Waals surface area contributed by atoms with E-state index < -0.39 is 11.4 Å². The van der Waals surface area contributed by atoms with Crippen molar-refractivity contribution in [2.45, 2.75) is 53.0 Å². The summed E-state index contributed by atoms with van der Waals surface area (Å²) in [5, 5.41) is 11.9. The fourth-order valence-electron chi connectivity index (χ4n) is 2.37. The second-order valence-electron chi connectivity index (χ2n) is 7.07. The molecule has 0 aliphatic carbocycles. The van der Waals surface area contributed by atoms with Crippen molar-refractivity contribution in [3.63, 3.8) is 0 Å². The van der Waals surface area contributed by atoms with Crippen molar-refractivity contribution >= 4 is 11.9 Å². The average molecular weight is 286 g/mol. The molecule has 5 heteroatoms. The summed E-state index contributed by atoms with van der Waals surface area (Å²) < 4.78 is 0. The molecule has 20 heavy (non-hydrogen) atoms. The molecule has 0 aromatic heterocycles. The van der Waals surface area contributed by atoms with Gasteiger partial charge in [0.05, 0.1) is 6.42 Å². The molecule has 1 unspecified atom stereocenters. The molecule has 1 atom stereocenters. The standard InChI is InChI=1S/C15H30N2O3/c1-11(2)7-12(10-17(5)6)16-13(18)8-15(3,4)9-14(19)20/h11-12H,7-10H2,1-6H3,(H,16,18)(H,19,20). The minimum absolute atomic E-state index is 0.00292. The van der Waals surface area contributed by atoms with Gasteiger partial charge in [-0.1, -0.05) is 27.7 Å². The van der Waals surface area contributed by atoms with Crippen LogP contribution in [0.4, 0.5) is 0 Å². The molecule has 0 saturated carbocycles. The lowest BCUT2D eigenvalue weighted by Gasteiger charge is -2.27. The zero-order valence-electron chi connectivity index (χ0n) is 13.7. The van der Waals surface area contributed by atoms with Crippen molar-refractivity contribution in [1.82, 2.24) is 10.2 Å². The maximum absolute atomic E-state index is 12.1. The van der Waals surface area contributed by atoms with Gasteiger partial charge < -0.3 is 15.3 Å². The second kappa shape index (κ2) is 8.25. The topological polar surface area (TPSA) is 69.6 Å². The Morgan fingerprint density at radius 2 is 1.75 bits per heavy atom. The van der Waals surface area contributed by atoms with Gasteiger partial charge in [0.2, 0.25) is 5.91 Å². The van der Waals surface area contributed by atoms with Gasteiger partial charge in [0, 0.05) is 19.0 Å². The first-order valence-corrected chi connectivity index (χ1v) is 7.17. The highest BCUT2D eigenvalue weighted by Crippen LogP contribution is 2.24. The average Bonchev–Trinajstić information content (AvgIpc) is 2.09. The lowest BCUT2D eigenvalue weighted by atomic mass is 9.85. The van der Waals surface area contributed by atoms with Crippen LogP contribution in [-0.2, 0) is 9.59 Å². The van der Waals surface area contributed by atoms with Crippen LogP contribution in [0.25, 0.3) is 0 Å². The van der Waals surface area contributed by atoms with Crippen LogP contribution in [0.3, 0.4) is 0 Å². The Balaban J connectivity index is 4.47. The third kappa shape index (κ3) is 9.78. The molecular formula is C15H30N2O3. The zero-order valence-corrected chi connectivity index (χ0v) is 13.7. The monoisotopic (exact) mass is 286 g/mol. The number of aliphatic carboxylic acids is 1. The molecule has 0 aliphatic heterocycles. The third-order valence-corrected chi connectivity index (χ3v) is 2.98. The first-order chi connectivity index (χ1) is 9.01. The molecule has 1 amide bonds. The predicted octanol–water partition coefficient (Wildman–Crippen LogP) is 1.97. The Labute approximate surface area is 122 Å². The molecule has 0 fully saturated rings. The molecule has 0 aromatic carbocycles. The Morgan fingerprint density at radius 1 is 1.20 bits per heavy atom. The maximum atomic E-state index is 12.1. The molecule has 0 aliphatic rings. The molecular weight excluding hydrogens is 256 g/mol. The number of nitrogens with one attached hydrogen (secondary N) is 1. The SMILES string of the molecule is CC(C)CC(CN(C)C)NC(=O)CC(C)(C)CC(=O)O. The molecule has 2 N–H and O–H groups in total. The predicted molar refractivity (Wildman–Crippen MR) is 80.6 cm³/mol. The number of rotatable bonds is 9. The van der Waals surface area contributed by atoms with Crippen LogP contribution in [0.1, 0.15) is 47.0 Å². The van der Waals surface area contributed by atoms with Crippen molar-refractivity contribution in [2.75, 3.05) is 20.6 Å². The Hall–Kier alpha value is -1.10. The summed E-state index contributed by atoms with van der Waals surface area (Å²) in [6, 6.07) is 0.109. The van der Waals surface area contributed by atoms with E-state index in [0.717, 1.165) is 13.0 Å². The highest BCUT2D eigenvalue weighted by Gasteiger charge is 2.26. The van der Waals surface area contributed by atoms with Crippen molar-refractivity contribution in [1.29, 1.82) is 0 Å².